The Kier molecular flexibility index (Phi) is 7.73. The normalized spacial score (nSPS) is 17.8. The van der Waals surface area contributed by atoms with Gasteiger partial charge in [0.15, 0.2) is 0 Å². The maximum absolute atomic E-state index is 12.9. The van der Waals surface area contributed by atoms with Crippen LogP contribution in [0.5, 0.6) is 5.75 Å². The van der Waals surface area contributed by atoms with Crippen LogP contribution in [0.1, 0.15) is 64.0 Å². The van der Waals surface area contributed by atoms with E-state index < -0.39 is 0 Å². The van der Waals surface area contributed by atoms with Crippen LogP contribution >= 0.6 is 11.3 Å². The predicted octanol–water partition coefficient (Wildman–Crippen LogP) is 4.76. The Balaban J connectivity index is 1.34. The summed E-state index contributed by atoms with van der Waals surface area (Å²) in [7, 11) is 0. The molecule has 1 heterocycles. The van der Waals surface area contributed by atoms with E-state index in [0.29, 0.717) is 17.9 Å². The van der Waals surface area contributed by atoms with Crippen molar-refractivity contribution in [1.29, 1.82) is 0 Å². The monoisotopic (exact) mass is 463 g/mol. The van der Waals surface area contributed by atoms with E-state index in [0.717, 1.165) is 42.9 Å². The lowest BCUT2D eigenvalue weighted by Crippen LogP contribution is -2.53. The zero-order valence-corrected chi connectivity index (χ0v) is 19.6. The van der Waals surface area contributed by atoms with Crippen LogP contribution in [0, 0.1) is 0 Å². The SMILES string of the molecule is CCc1ccc(C(=O)N[C@@H]2CCCC[C@@H]2NC(=O)c2csc(COc3ccccc3)n2)cc1. The lowest BCUT2D eigenvalue weighted by molar-refractivity contribution is 0.0860. The number of rotatable bonds is 8. The lowest BCUT2D eigenvalue weighted by Gasteiger charge is -2.32. The molecule has 0 unspecified atom stereocenters. The second kappa shape index (κ2) is 11.1. The van der Waals surface area contributed by atoms with E-state index in [1.165, 1.54) is 16.9 Å². The summed E-state index contributed by atoms with van der Waals surface area (Å²) in [6.07, 6.45) is 4.67. The van der Waals surface area contributed by atoms with Crippen molar-refractivity contribution in [2.24, 2.45) is 0 Å². The molecule has 2 aromatic carbocycles. The average Bonchev–Trinajstić information content (AvgIpc) is 3.34. The number of carbonyl (C=O) groups is 2. The predicted molar refractivity (Wildman–Crippen MR) is 130 cm³/mol. The van der Waals surface area contributed by atoms with Gasteiger partial charge in [0.1, 0.15) is 23.1 Å². The summed E-state index contributed by atoms with van der Waals surface area (Å²) < 4.78 is 5.72. The molecule has 0 spiro atoms. The molecule has 1 fully saturated rings. The Morgan fingerprint density at radius 3 is 2.30 bits per heavy atom. The van der Waals surface area contributed by atoms with Crippen LogP contribution in [0.3, 0.4) is 0 Å². The summed E-state index contributed by atoms with van der Waals surface area (Å²) in [6.45, 7) is 2.41. The van der Waals surface area contributed by atoms with Crippen LogP contribution in [-0.2, 0) is 13.0 Å². The van der Waals surface area contributed by atoms with Crippen molar-refractivity contribution in [3.63, 3.8) is 0 Å². The van der Waals surface area contributed by atoms with Crippen molar-refractivity contribution in [3.05, 3.63) is 81.8 Å². The number of aromatic nitrogens is 1. The molecule has 7 heteroatoms. The van der Waals surface area contributed by atoms with Crippen molar-refractivity contribution in [1.82, 2.24) is 15.6 Å². The molecule has 0 aliphatic heterocycles. The third kappa shape index (κ3) is 6.20. The highest BCUT2D eigenvalue weighted by atomic mass is 32.1. The van der Waals surface area contributed by atoms with Crippen molar-refractivity contribution < 1.29 is 14.3 Å². The molecule has 1 saturated carbocycles. The van der Waals surface area contributed by atoms with Gasteiger partial charge in [0.05, 0.1) is 0 Å². The summed E-state index contributed by atoms with van der Waals surface area (Å²) in [6, 6.07) is 17.0. The number of benzene rings is 2. The van der Waals surface area contributed by atoms with Crippen molar-refractivity contribution in [2.45, 2.75) is 57.7 Å². The number of amides is 2. The maximum Gasteiger partial charge on any atom is 0.271 e. The zero-order chi connectivity index (χ0) is 23.0. The van der Waals surface area contributed by atoms with Gasteiger partial charge in [-0.25, -0.2) is 4.98 Å². The minimum atomic E-state index is -0.212. The Bertz CT molecular complexity index is 1070. The summed E-state index contributed by atoms with van der Waals surface area (Å²) >= 11 is 1.40. The van der Waals surface area contributed by atoms with E-state index in [9.17, 15) is 9.59 Å². The summed E-state index contributed by atoms with van der Waals surface area (Å²) in [4.78, 5) is 30.0. The summed E-state index contributed by atoms with van der Waals surface area (Å²) in [5.41, 5.74) is 2.23. The van der Waals surface area contributed by atoms with Gasteiger partial charge in [-0.15, -0.1) is 11.3 Å². The third-order valence-corrected chi connectivity index (χ3v) is 6.74. The highest BCUT2D eigenvalue weighted by molar-refractivity contribution is 7.09. The van der Waals surface area contributed by atoms with Gasteiger partial charge in [0.2, 0.25) is 0 Å². The number of carbonyl (C=O) groups excluding carboxylic acids is 2. The van der Waals surface area contributed by atoms with Crippen LogP contribution in [0.15, 0.2) is 60.0 Å². The molecule has 3 aromatic rings. The molecule has 2 amide bonds. The molecule has 172 valence electrons. The van der Waals surface area contributed by atoms with Gasteiger partial charge in [-0.2, -0.15) is 0 Å². The van der Waals surface area contributed by atoms with E-state index in [2.05, 4.69) is 22.5 Å². The van der Waals surface area contributed by atoms with Gasteiger partial charge in [0.25, 0.3) is 11.8 Å². The lowest BCUT2D eigenvalue weighted by atomic mass is 9.90. The molecule has 33 heavy (non-hydrogen) atoms. The zero-order valence-electron chi connectivity index (χ0n) is 18.8. The maximum atomic E-state index is 12.9. The fraction of sp³-hybridized carbons (Fsp3) is 0.346. The molecular formula is C26H29N3O3S. The van der Waals surface area contributed by atoms with Gasteiger partial charge in [-0.3, -0.25) is 9.59 Å². The molecule has 0 saturated heterocycles. The van der Waals surface area contributed by atoms with Gasteiger partial charge in [0, 0.05) is 23.0 Å². The minimum absolute atomic E-state index is 0.0967. The first kappa shape index (κ1) is 23.0. The van der Waals surface area contributed by atoms with E-state index in [-0.39, 0.29) is 23.9 Å². The molecule has 6 nitrogen and oxygen atoms in total. The molecule has 1 aromatic heterocycles. The first-order chi connectivity index (χ1) is 16.1. The van der Waals surface area contributed by atoms with Gasteiger partial charge in [-0.1, -0.05) is 50.1 Å². The summed E-state index contributed by atoms with van der Waals surface area (Å²) in [5.74, 6) is 0.456. The Morgan fingerprint density at radius 1 is 0.970 bits per heavy atom. The van der Waals surface area contributed by atoms with E-state index in [4.69, 9.17) is 4.74 Å². The average molecular weight is 464 g/mol. The summed E-state index contributed by atoms with van der Waals surface area (Å²) in [5, 5.41) is 8.73. The number of hydrogen-bond donors (Lipinski definition) is 2. The standard InChI is InChI=1S/C26H29N3O3S/c1-2-18-12-14-19(15-13-18)25(30)28-21-10-6-7-11-22(21)29-26(31)23-17-33-24(27-23)16-32-20-8-4-3-5-9-20/h3-5,8-9,12-15,17,21-22H,2,6-7,10-11,16H2,1H3,(H,28,30)(H,29,31)/t21-,22+/m1/s1. The minimum Gasteiger partial charge on any atom is -0.486 e. The van der Waals surface area contributed by atoms with Crippen LogP contribution in [-0.4, -0.2) is 28.9 Å². The quantitative estimate of drug-likeness (QED) is 0.505. The van der Waals surface area contributed by atoms with E-state index >= 15 is 0 Å². The molecule has 1 aliphatic carbocycles. The van der Waals surface area contributed by atoms with Crippen LogP contribution in [0.2, 0.25) is 0 Å². The van der Waals surface area contributed by atoms with E-state index in [1.807, 2.05) is 54.6 Å². The van der Waals surface area contributed by atoms with Gasteiger partial charge in [-0.05, 0) is 49.1 Å². The second-order valence-electron chi connectivity index (χ2n) is 8.22. The highest BCUT2D eigenvalue weighted by Crippen LogP contribution is 2.21. The molecule has 2 atom stereocenters. The molecule has 0 bridgehead atoms. The number of ether oxygens (including phenoxy) is 1. The van der Waals surface area contributed by atoms with Gasteiger partial charge >= 0.3 is 0 Å². The van der Waals surface area contributed by atoms with E-state index in [1.54, 1.807) is 5.38 Å². The highest BCUT2D eigenvalue weighted by Gasteiger charge is 2.29. The second-order valence-corrected chi connectivity index (χ2v) is 9.17. The van der Waals surface area contributed by atoms with Crippen LogP contribution in [0.25, 0.3) is 0 Å². The number of aryl methyl sites for hydroxylation is 1. The van der Waals surface area contributed by atoms with Crippen molar-refractivity contribution in [2.75, 3.05) is 0 Å². The Morgan fingerprint density at radius 2 is 1.64 bits per heavy atom. The van der Waals surface area contributed by atoms with Crippen molar-refractivity contribution in [3.8, 4) is 5.75 Å². The molecule has 2 N–H and O–H groups in total. The fourth-order valence-corrected chi connectivity index (χ4v) is 4.69. The first-order valence-electron chi connectivity index (χ1n) is 11.5. The number of thiazole rings is 1. The molecule has 0 radical (unpaired) electrons. The van der Waals surface area contributed by atoms with Crippen molar-refractivity contribution >= 4 is 23.2 Å². The number of nitrogens with one attached hydrogen (secondary N) is 2. The molecule has 1 aliphatic rings. The largest absolute Gasteiger partial charge is 0.486 e. The Hall–Kier alpha value is -3.19. The molecule has 4 rings (SSSR count). The third-order valence-electron chi connectivity index (χ3n) is 5.91. The van der Waals surface area contributed by atoms with Crippen LogP contribution in [0.4, 0.5) is 0 Å². The Labute approximate surface area is 198 Å². The smallest absolute Gasteiger partial charge is 0.271 e. The van der Waals surface area contributed by atoms with Gasteiger partial charge < -0.3 is 15.4 Å². The fourth-order valence-electron chi connectivity index (χ4n) is 4.01. The number of nitrogens with zero attached hydrogens (tertiary/aromatic N) is 1. The first-order valence-corrected chi connectivity index (χ1v) is 12.3. The van der Waals surface area contributed by atoms with Crippen LogP contribution < -0.4 is 15.4 Å². The molecular weight excluding hydrogens is 434 g/mol. The topological polar surface area (TPSA) is 80.3 Å². The number of hydrogen-bond acceptors (Lipinski definition) is 5. The number of para-hydroxylation sites is 1.